The zero-order valence-corrected chi connectivity index (χ0v) is 13.7. The minimum atomic E-state index is -0.00449. The van der Waals surface area contributed by atoms with Gasteiger partial charge in [0.2, 0.25) is 0 Å². The molecule has 2 aromatic rings. The molecule has 2 unspecified atom stereocenters. The van der Waals surface area contributed by atoms with Crippen molar-refractivity contribution in [3.8, 4) is 0 Å². The summed E-state index contributed by atoms with van der Waals surface area (Å²) < 4.78 is 0. The van der Waals surface area contributed by atoms with E-state index in [1.54, 1.807) is 0 Å². The lowest BCUT2D eigenvalue weighted by Gasteiger charge is -2.21. The van der Waals surface area contributed by atoms with E-state index in [-0.39, 0.29) is 5.91 Å². The number of nitrogens with one attached hydrogen (secondary N) is 2. The molecule has 0 aliphatic heterocycles. The third-order valence-electron chi connectivity index (χ3n) is 4.15. The molecule has 2 rings (SSSR count). The molecule has 2 N–H and O–H groups in total. The second-order valence-electron chi connectivity index (χ2n) is 5.85. The van der Waals surface area contributed by atoms with Crippen LogP contribution in [0, 0.1) is 0 Å². The molecule has 1 amide bonds. The Kier molecular flexibility index (Phi) is 5.96. The summed E-state index contributed by atoms with van der Waals surface area (Å²) in [7, 11) is 0. The van der Waals surface area contributed by atoms with E-state index < -0.39 is 0 Å². The highest BCUT2D eigenvalue weighted by atomic mass is 16.1. The topological polar surface area (TPSA) is 41.1 Å². The summed E-state index contributed by atoms with van der Waals surface area (Å²) in [5.74, 6) is -0.00449. The fourth-order valence-electron chi connectivity index (χ4n) is 2.49. The summed E-state index contributed by atoms with van der Waals surface area (Å²) in [5.41, 5.74) is 0.720. The van der Waals surface area contributed by atoms with Crippen LogP contribution in [0.15, 0.2) is 42.5 Å². The molecule has 118 valence electrons. The fourth-order valence-corrected chi connectivity index (χ4v) is 2.49. The van der Waals surface area contributed by atoms with Crippen molar-refractivity contribution >= 4 is 16.7 Å². The van der Waals surface area contributed by atoms with Gasteiger partial charge in [-0.05, 0) is 42.7 Å². The summed E-state index contributed by atoms with van der Waals surface area (Å²) in [6, 6.07) is 14.7. The molecule has 0 heterocycles. The quantitative estimate of drug-likeness (QED) is 0.817. The van der Waals surface area contributed by atoms with E-state index in [1.807, 2.05) is 36.4 Å². The van der Waals surface area contributed by atoms with Gasteiger partial charge in [-0.3, -0.25) is 4.79 Å². The Balaban J connectivity index is 1.98. The number of carbonyl (C=O) groups excluding carboxylic acids is 1. The van der Waals surface area contributed by atoms with Crippen molar-refractivity contribution in [1.82, 2.24) is 10.6 Å². The van der Waals surface area contributed by atoms with Gasteiger partial charge in [0.25, 0.3) is 5.91 Å². The van der Waals surface area contributed by atoms with Gasteiger partial charge in [0.05, 0.1) is 0 Å². The van der Waals surface area contributed by atoms with Crippen molar-refractivity contribution in [3.05, 3.63) is 48.0 Å². The van der Waals surface area contributed by atoms with Crippen molar-refractivity contribution in [3.63, 3.8) is 0 Å². The molecule has 0 spiro atoms. The molecule has 2 aromatic carbocycles. The minimum Gasteiger partial charge on any atom is -0.350 e. The third-order valence-corrected chi connectivity index (χ3v) is 4.15. The largest absolute Gasteiger partial charge is 0.350 e. The van der Waals surface area contributed by atoms with E-state index >= 15 is 0 Å². The lowest BCUT2D eigenvalue weighted by Crippen LogP contribution is -2.44. The van der Waals surface area contributed by atoms with E-state index in [9.17, 15) is 4.79 Å². The standard InChI is InChI=1S/C19H26N2O/c1-4-14(3)21-18(5-2)13-20-19(22)17-11-10-15-8-6-7-9-16(15)12-17/h6-12,14,18,21H,4-5,13H2,1-3H3,(H,20,22). The smallest absolute Gasteiger partial charge is 0.251 e. The van der Waals surface area contributed by atoms with Gasteiger partial charge < -0.3 is 10.6 Å². The SMILES string of the molecule is CCC(C)NC(CC)CNC(=O)c1ccc2ccccc2c1. The number of fused-ring (bicyclic) bond motifs is 1. The fraction of sp³-hybridized carbons (Fsp3) is 0.421. The van der Waals surface area contributed by atoms with E-state index in [2.05, 4.69) is 37.5 Å². The first-order valence-electron chi connectivity index (χ1n) is 8.17. The third kappa shape index (κ3) is 4.31. The number of hydrogen-bond donors (Lipinski definition) is 2. The van der Waals surface area contributed by atoms with Gasteiger partial charge >= 0.3 is 0 Å². The zero-order chi connectivity index (χ0) is 15.9. The van der Waals surface area contributed by atoms with E-state index in [1.165, 1.54) is 0 Å². The highest BCUT2D eigenvalue weighted by Crippen LogP contribution is 2.15. The predicted octanol–water partition coefficient (Wildman–Crippen LogP) is 3.74. The molecule has 0 radical (unpaired) electrons. The van der Waals surface area contributed by atoms with Crippen LogP contribution in [-0.4, -0.2) is 24.5 Å². The first-order valence-corrected chi connectivity index (χ1v) is 8.17. The summed E-state index contributed by atoms with van der Waals surface area (Å²) in [5, 5.41) is 8.83. The first kappa shape index (κ1) is 16.5. The molecule has 0 saturated heterocycles. The van der Waals surface area contributed by atoms with Gasteiger partial charge in [0, 0.05) is 24.2 Å². The molecule has 3 nitrogen and oxygen atoms in total. The Morgan fingerprint density at radius 1 is 1.05 bits per heavy atom. The van der Waals surface area contributed by atoms with Crippen LogP contribution in [0.3, 0.4) is 0 Å². The van der Waals surface area contributed by atoms with Crippen LogP contribution in [0.4, 0.5) is 0 Å². The van der Waals surface area contributed by atoms with Gasteiger partial charge in [0.1, 0.15) is 0 Å². The molecule has 3 heteroatoms. The molecular weight excluding hydrogens is 272 g/mol. The number of benzene rings is 2. The maximum atomic E-state index is 12.3. The summed E-state index contributed by atoms with van der Waals surface area (Å²) in [6.07, 6.45) is 2.09. The molecular formula is C19H26N2O. The van der Waals surface area contributed by atoms with E-state index in [4.69, 9.17) is 0 Å². The van der Waals surface area contributed by atoms with Crippen molar-refractivity contribution in [2.75, 3.05) is 6.54 Å². The van der Waals surface area contributed by atoms with Crippen molar-refractivity contribution < 1.29 is 4.79 Å². The number of hydrogen-bond acceptors (Lipinski definition) is 2. The van der Waals surface area contributed by atoms with Gasteiger partial charge in [-0.1, -0.05) is 44.2 Å². The summed E-state index contributed by atoms with van der Waals surface area (Å²) in [6.45, 7) is 7.14. The second-order valence-corrected chi connectivity index (χ2v) is 5.85. The van der Waals surface area contributed by atoms with Crippen LogP contribution in [0.5, 0.6) is 0 Å². The molecule has 0 aromatic heterocycles. The lowest BCUT2D eigenvalue weighted by molar-refractivity contribution is 0.0948. The summed E-state index contributed by atoms with van der Waals surface area (Å²) in [4.78, 5) is 12.3. The van der Waals surface area contributed by atoms with Crippen molar-refractivity contribution in [2.45, 2.75) is 45.7 Å². The van der Waals surface area contributed by atoms with E-state index in [0.717, 1.165) is 29.2 Å². The Bertz CT molecular complexity index is 624. The monoisotopic (exact) mass is 298 g/mol. The minimum absolute atomic E-state index is 0.00449. The zero-order valence-electron chi connectivity index (χ0n) is 13.7. The number of carbonyl (C=O) groups is 1. The average Bonchev–Trinajstić information content (AvgIpc) is 2.57. The normalized spacial score (nSPS) is 13.8. The Morgan fingerprint density at radius 2 is 1.77 bits per heavy atom. The Hall–Kier alpha value is -1.87. The van der Waals surface area contributed by atoms with Gasteiger partial charge in [0.15, 0.2) is 0 Å². The maximum Gasteiger partial charge on any atom is 0.251 e. The number of rotatable bonds is 7. The van der Waals surface area contributed by atoms with Gasteiger partial charge in [-0.25, -0.2) is 0 Å². The second kappa shape index (κ2) is 7.95. The molecule has 22 heavy (non-hydrogen) atoms. The molecule has 0 fully saturated rings. The maximum absolute atomic E-state index is 12.3. The van der Waals surface area contributed by atoms with Crippen LogP contribution >= 0.6 is 0 Å². The Labute approximate surface area is 133 Å². The first-order chi connectivity index (χ1) is 10.6. The number of amides is 1. The van der Waals surface area contributed by atoms with Crippen LogP contribution in [-0.2, 0) is 0 Å². The molecule has 2 atom stereocenters. The lowest BCUT2D eigenvalue weighted by atomic mass is 10.1. The molecule has 0 bridgehead atoms. The average molecular weight is 298 g/mol. The Morgan fingerprint density at radius 3 is 2.45 bits per heavy atom. The van der Waals surface area contributed by atoms with Gasteiger partial charge in [-0.15, -0.1) is 0 Å². The van der Waals surface area contributed by atoms with Crippen LogP contribution in [0.2, 0.25) is 0 Å². The van der Waals surface area contributed by atoms with E-state index in [0.29, 0.717) is 18.6 Å². The van der Waals surface area contributed by atoms with Crippen molar-refractivity contribution in [2.24, 2.45) is 0 Å². The van der Waals surface area contributed by atoms with Crippen molar-refractivity contribution in [1.29, 1.82) is 0 Å². The molecule has 0 saturated carbocycles. The highest BCUT2D eigenvalue weighted by molar-refractivity contribution is 5.98. The van der Waals surface area contributed by atoms with Gasteiger partial charge in [-0.2, -0.15) is 0 Å². The molecule has 0 aliphatic carbocycles. The van der Waals surface area contributed by atoms with Crippen LogP contribution in [0.25, 0.3) is 10.8 Å². The van der Waals surface area contributed by atoms with Crippen LogP contribution in [0.1, 0.15) is 44.0 Å². The van der Waals surface area contributed by atoms with Crippen LogP contribution < -0.4 is 10.6 Å². The predicted molar refractivity (Wildman–Crippen MR) is 93.2 cm³/mol. The molecule has 0 aliphatic rings. The highest BCUT2D eigenvalue weighted by Gasteiger charge is 2.12. The summed E-state index contributed by atoms with van der Waals surface area (Å²) >= 11 is 0.